The van der Waals surface area contributed by atoms with E-state index in [0.29, 0.717) is 11.4 Å². The third-order valence-corrected chi connectivity index (χ3v) is 6.63. The summed E-state index contributed by atoms with van der Waals surface area (Å²) in [6.07, 6.45) is 7.39. The highest BCUT2D eigenvalue weighted by Crippen LogP contribution is 2.31. The van der Waals surface area contributed by atoms with Crippen LogP contribution >= 0.6 is 23.5 Å². The molecule has 6 nitrogen and oxygen atoms in total. The van der Waals surface area contributed by atoms with Gasteiger partial charge >= 0.3 is 0 Å². The molecule has 2 aromatic heterocycles. The summed E-state index contributed by atoms with van der Waals surface area (Å²) in [4.78, 5) is 33.1. The minimum absolute atomic E-state index is 0.127. The molecule has 0 aromatic carbocycles. The Morgan fingerprint density at radius 2 is 2.07 bits per heavy atom. The number of unbranched alkanes of at least 4 members (excludes halogenated alkanes) is 2. The maximum absolute atomic E-state index is 12.3. The summed E-state index contributed by atoms with van der Waals surface area (Å²) in [7, 11) is 4.11. The lowest BCUT2D eigenvalue weighted by Crippen LogP contribution is -2.29. The van der Waals surface area contributed by atoms with E-state index in [9.17, 15) is 9.59 Å². The smallest absolute Gasteiger partial charge is 0.293 e. The van der Waals surface area contributed by atoms with E-state index in [0.717, 1.165) is 55.4 Å². The Balaban J connectivity index is 1.52. The van der Waals surface area contributed by atoms with Gasteiger partial charge in [-0.05, 0) is 63.0 Å². The molecule has 29 heavy (non-hydrogen) atoms. The largest absolute Gasteiger partial charge is 0.304 e. The fraction of sp³-hybridized carbons (Fsp3) is 0.476. The fourth-order valence-corrected chi connectivity index (χ4v) is 5.11. The standard InChI is InChI=1S/C21H28N4O2S2/c1-4-5-9-17-20(26)24(21(27)29-17)12-6-7-13-28-19-11-8-10-18-22-14-16(25(18)19)15-23(2)3/h8-11,14H,4-7,12-13,15H2,1-3H3. The number of carbonyl (C=O) groups is 2. The normalized spacial score (nSPS) is 16.1. The zero-order valence-electron chi connectivity index (χ0n) is 17.3. The van der Waals surface area contributed by atoms with Crippen LogP contribution in [0, 0.1) is 0 Å². The topological polar surface area (TPSA) is 57.9 Å². The van der Waals surface area contributed by atoms with E-state index in [1.165, 1.54) is 15.6 Å². The molecule has 0 saturated carbocycles. The van der Waals surface area contributed by atoms with E-state index in [-0.39, 0.29) is 11.1 Å². The Bertz CT molecular complexity index is 907. The van der Waals surface area contributed by atoms with Crippen molar-refractivity contribution in [1.29, 1.82) is 0 Å². The molecule has 1 aliphatic heterocycles. The highest BCUT2D eigenvalue weighted by Gasteiger charge is 2.34. The van der Waals surface area contributed by atoms with Crippen LogP contribution in [0.2, 0.25) is 0 Å². The number of hydrogen-bond donors (Lipinski definition) is 0. The van der Waals surface area contributed by atoms with E-state index in [1.807, 2.05) is 24.4 Å². The maximum atomic E-state index is 12.3. The lowest BCUT2D eigenvalue weighted by atomic mass is 10.3. The molecule has 1 fully saturated rings. The summed E-state index contributed by atoms with van der Waals surface area (Å²) < 4.78 is 2.21. The summed E-state index contributed by atoms with van der Waals surface area (Å²) in [6.45, 7) is 3.39. The molecule has 1 saturated heterocycles. The third-order valence-electron chi connectivity index (χ3n) is 4.56. The Labute approximate surface area is 180 Å². The van der Waals surface area contributed by atoms with Crippen molar-refractivity contribution in [2.24, 2.45) is 0 Å². The van der Waals surface area contributed by atoms with Gasteiger partial charge in [0.2, 0.25) is 0 Å². The predicted molar refractivity (Wildman–Crippen MR) is 120 cm³/mol. The van der Waals surface area contributed by atoms with Crippen molar-refractivity contribution in [2.45, 2.75) is 44.2 Å². The van der Waals surface area contributed by atoms with Crippen molar-refractivity contribution >= 4 is 40.3 Å². The lowest BCUT2D eigenvalue weighted by Gasteiger charge is -2.13. The first-order valence-electron chi connectivity index (χ1n) is 9.98. The van der Waals surface area contributed by atoms with Crippen molar-refractivity contribution in [2.75, 3.05) is 26.4 Å². The van der Waals surface area contributed by atoms with Gasteiger partial charge in [-0.25, -0.2) is 4.98 Å². The van der Waals surface area contributed by atoms with Gasteiger partial charge in [0.25, 0.3) is 11.1 Å². The number of aromatic nitrogens is 2. The minimum atomic E-state index is -0.137. The van der Waals surface area contributed by atoms with Crippen molar-refractivity contribution in [3.63, 3.8) is 0 Å². The zero-order valence-corrected chi connectivity index (χ0v) is 18.9. The molecule has 0 atom stereocenters. The van der Waals surface area contributed by atoms with Crippen molar-refractivity contribution < 1.29 is 9.59 Å². The molecule has 0 unspecified atom stereocenters. The van der Waals surface area contributed by atoms with Crippen molar-refractivity contribution in [3.05, 3.63) is 41.1 Å². The molecule has 0 N–H and O–H groups in total. The van der Waals surface area contributed by atoms with Gasteiger partial charge in [-0.3, -0.25) is 18.9 Å². The summed E-state index contributed by atoms with van der Waals surface area (Å²) in [5, 5.41) is 1.03. The molecule has 0 aliphatic carbocycles. The van der Waals surface area contributed by atoms with Gasteiger partial charge in [-0.15, -0.1) is 11.8 Å². The van der Waals surface area contributed by atoms with Gasteiger partial charge in [0.05, 0.1) is 21.8 Å². The van der Waals surface area contributed by atoms with Crippen LogP contribution in [-0.4, -0.2) is 56.7 Å². The number of imidazole rings is 1. The Hall–Kier alpha value is -1.77. The second-order valence-corrected chi connectivity index (χ2v) is 9.39. The van der Waals surface area contributed by atoms with Crippen LogP contribution in [0.3, 0.4) is 0 Å². The molecule has 3 rings (SSSR count). The van der Waals surface area contributed by atoms with Crippen molar-refractivity contribution in [3.8, 4) is 0 Å². The quantitative estimate of drug-likeness (QED) is 0.309. The number of rotatable bonds is 10. The van der Waals surface area contributed by atoms with Gasteiger partial charge in [0, 0.05) is 13.1 Å². The third kappa shape index (κ3) is 5.43. The van der Waals surface area contributed by atoms with E-state index >= 15 is 0 Å². The Kier molecular flexibility index (Phi) is 7.80. The van der Waals surface area contributed by atoms with E-state index in [1.54, 1.807) is 11.8 Å². The number of amides is 2. The van der Waals surface area contributed by atoms with Crippen LogP contribution in [0.25, 0.3) is 5.65 Å². The molecule has 156 valence electrons. The van der Waals surface area contributed by atoms with Gasteiger partial charge in [0.15, 0.2) is 0 Å². The molecular formula is C21H28N4O2S2. The van der Waals surface area contributed by atoms with Gasteiger partial charge in [-0.2, -0.15) is 0 Å². The van der Waals surface area contributed by atoms with Crippen LogP contribution in [0.5, 0.6) is 0 Å². The highest BCUT2D eigenvalue weighted by molar-refractivity contribution is 8.18. The first kappa shape index (κ1) is 21.9. The molecule has 2 amide bonds. The first-order valence-corrected chi connectivity index (χ1v) is 11.8. The number of nitrogens with zero attached hydrogens (tertiary/aromatic N) is 4. The molecule has 0 bridgehead atoms. The molecule has 1 aliphatic rings. The van der Waals surface area contributed by atoms with Crippen LogP contribution in [0.15, 0.2) is 40.4 Å². The van der Waals surface area contributed by atoms with E-state index in [4.69, 9.17) is 0 Å². The Morgan fingerprint density at radius 3 is 2.83 bits per heavy atom. The summed E-state index contributed by atoms with van der Waals surface area (Å²) in [5.74, 6) is 0.804. The van der Waals surface area contributed by atoms with Crippen LogP contribution < -0.4 is 0 Å². The summed E-state index contributed by atoms with van der Waals surface area (Å²) in [5.41, 5.74) is 2.13. The fourth-order valence-electron chi connectivity index (χ4n) is 3.17. The SMILES string of the molecule is CCCC=C1SC(=O)N(CCCCSc2cccc3ncc(CN(C)C)n23)C1=O. The van der Waals surface area contributed by atoms with Gasteiger partial charge < -0.3 is 4.90 Å². The van der Waals surface area contributed by atoms with E-state index < -0.39 is 0 Å². The average molecular weight is 433 g/mol. The number of fused-ring (bicyclic) bond motifs is 1. The van der Waals surface area contributed by atoms with Crippen LogP contribution in [0.4, 0.5) is 4.79 Å². The number of hydrogen-bond acceptors (Lipinski definition) is 6. The molecule has 0 radical (unpaired) electrons. The molecule has 0 spiro atoms. The lowest BCUT2D eigenvalue weighted by molar-refractivity contribution is -0.122. The monoisotopic (exact) mass is 432 g/mol. The molecule has 2 aromatic rings. The summed E-state index contributed by atoms with van der Waals surface area (Å²) in [6, 6.07) is 6.18. The number of thioether (sulfide) groups is 2. The van der Waals surface area contributed by atoms with E-state index in [2.05, 4.69) is 41.4 Å². The van der Waals surface area contributed by atoms with Crippen LogP contribution in [-0.2, 0) is 11.3 Å². The minimum Gasteiger partial charge on any atom is -0.304 e. The number of imide groups is 1. The molecule has 8 heteroatoms. The summed E-state index contributed by atoms with van der Waals surface area (Å²) >= 11 is 2.86. The maximum Gasteiger partial charge on any atom is 0.293 e. The van der Waals surface area contributed by atoms with Gasteiger partial charge in [0.1, 0.15) is 5.65 Å². The Morgan fingerprint density at radius 1 is 1.24 bits per heavy atom. The zero-order chi connectivity index (χ0) is 20.8. The highest BCUT2D eigenvalue weighted by atomic mass is 32.2. The number of carbonyl (C=O) groups excluding carboxylic acids is 2. The number of pyridine rings is 1. The van der Waals surface area contributed by atoms with Gasteiger partial charge in [-0.1, -0.05) is 25.5 Å². The number of allylic oxidation sites excluding steroid dienone is 1. The second kappa shape index (κ2) is 10.3. The van der Waals surface area contributed by atoms with Crippen LogP contribution in [0.1, 0.15) is 38.3 Å². The first-order chi connectivity index (χ1) is 14.0. The predicted octanol–water partition coefficient (Wildman–Crippen LogP) is 4.65. The van der Waals surface area contributed by atoms with Crippen molar-refractivity contribution in [1.82, 2.24) is 19.2 Å². The molecular weight excluding hydrogens is 404 g/mol. The average Bonchev–Trinajstić information content (AvgIpc) is 3.21. The second-order valence-electron chi connectivity index (χ2n) is 7.28. The molecule has 3 heterocycles.